The molecule has 1 N–H and O–H groups in total. The van der Waals surface area contributed by atoms with Crippen LogP contribution in [0.25, 0.3) is 0 Å². The Morgan fingerprint density at radius 1 is 1.31 bits per heavy atom. The van der Waals surface area contributed by atoms with Crippen molar-refractivity contribution in [2.45, 2.75) is 44.8 Å². The monoisotopic (exact) mass is 412 g/mol. The van der Waals surface area contributed by atoms with Crippen LogP contribution in [-0.2, 0) is 30.4 Å². The van der Waals surface area contributed by atoms with Crippen LogP contribution in [0.2, 0.25) is 0 Å². The van der Waals surface area contributed by atoms with E-state index in [1.54, 1.807) is 0 Å². The lowest BCUT2D eigenvalue weighted by Gasteiger charge is -2.11. The molecule has 1 aliphatic rings. The highest BCUT2D eigenvalue weighted by Crippen LogP contribution is 2.35. The van der Waals surface area contributed by atoms with Gasteiger partial charge in [-0.3, -0.25) is 19.6 Å². The van der Waals surface area contributed by atoms with Gasteiger partial charge in [-0.15, -0.1) is 0 Å². The van der Waals surface area contributed by atoms with E-state index in [0.29, 0.717) is 18.5 Å². The summed E-state index contributed by atoms with van der Waals surface area (Å²) in [4.78, 5) is 22.7. The van der Waals surface area contributed by atoms with E-state index >= 15 is 0 Å². The van der Waals surface area contributed by atoms with Gasteiger partial charge in [-0.25, -0.2) is 0 Å². The van der Waals surface area contributed by atoms with Crippen LogP contribution in [-0.4, -0.2) is 27.7 Å². The molecule has 0 unspecified atom stereocenters. The average molecular weight is 412 g/mol. The predicted molar refractivity (Wildman–Crippen MR) is 96.8 cm³/mol. The molecule has 0 fully saturated rings. The van der Waals surface area contributed by atoms with E-state index in [1.165, 1.54) is 19.2 Å². The number of hydrogen-bond donors (Lipinski definition) is 1. The third-order valence-corrected chi connectivity index (χ3v) is 4.74. The molecule has 0 atom stereocenters. The van der Waals surface area contributed by atoms with Gasteiger partial charge in [-0.05, 0) is 31.7 Å². The zero-order valence-electron chi connectivity index (χ0n) is 15.6. The number of methoxy groups -OCH3 is 1. The molecular weight excluding hydrogens is 393 g/mol. The fraction of sp³-hybridized carbons (Fsp3) is 0.444. The Bertz CT molecular complexity index is 940. The first-order valence-corrected chi connectivity index (χ1v) is 8.98. The van der Waals surface area contributed by atoms with Crippen LogP contribution in [0.1, 0.15) is 36.2 Å². The van der Waals surface area contributed by atoms with Crippen molar-refractivity contribution in [3.63, 3.8) is 0 Å². The van der Waals surface area contributed by atoms with Gasteiger partial charge in [0.25, 0.3) is 5.69 Å². The molecule has 1 amide bonds. The van der Waals surface area contributed by atoms with Crippen molar-refractivity contribution in [2.75, 3.05) is 12.4 Å². The molecule has 0 radical (unpaired) electrons. The number of carbonyl (C=O) groups is 1. The topological polar surface area (TPSA) is 99.3 Å². The molecule has 0 saturated carbocycles. The van der Waals surface area contributed by atoms with Crippen molar-refractivity contribution in [1.82, 2.24) is 9.78 Å². The number of nitro groups is 1. The summed E-state index contributed by atoms with van der Waals surface area (Å²) in [5.41, 5.74) is -0.379. The first-order valence-electron chi connectivity index (χ1n) is 8.98. The first kappa shape index (κ1) is 20.6. The standard InChI is InChI=1S/C18H19F3N4O4/c1-29-15-9-11(25(27)28)7-8-13(15)22-16(26)10-24-14-6-4-2-3-5-12(14)17(23-24)18(19,20)21/h7-9H,2-6,10H2,1H3,(H,22,26). The Balaban J connectivity index is 1.84. The first-order chi connectivity index (χ1) is 13.7. The number of ether oxygens (including phenoxy) is 1. The minimum atomic E-state index is -4.59. The van der Waals surface area contributed by atoms with Gasteiger partial charge in [0.05, 0.1) is 23.8 Å². The second-order valence-corrected chi connectivity index (χ2v) is 6.68. The van der Waals surface area contributed by atoms with Crippen LogP contribution in [0.4, 0.5) is 24.5 Å². The van der Waals surface area contributed by atoms with Gasteiger partial charge >= 0.3 is 6.18 Å². The van der Waals surface area contributed by atoms with Crippen molar-refractivity contribution < 1.29 is 27.6 Å². The molecule has 0 aliphatic heterocycles. The van der Waals surface area contributed by atoms with Gasteiger partial charge in [-0.1, -0.05) is 6.42 Å². The Labute approximate surface area is 163 Å². The highest BCUT2D eigenvalue weighted by atomic mass is 19.4. The molecule has 1 aromatic carbocycles. The number of nitrogens with zero attached hydrogens (tertiary/aromatic N) is 3. The molecule has 2 aromatic rings. The minimum absolute atomic E-state index is 0.0721. The van der Waals surface area contributed by atoms with E-state index in [2.05, 4.69) is 10.4 Å². The SMILES string of the molecule is COc1cc([N+](=O)[O-])ccc1NC(=O)Cn1nc(C(F)(F)F)c2c1CCCCC2. The van der Waals surface area contributed by atoms with E-state index in [9.17, 15) is 28.1 Å². The number of nitrogens with one attached hydrogen (secondary N) is 1. The average Bonchev–Trinajstić information content (AvgIpc) is 2.84. The summed E-state index contributed by atoms with van der Waals surface area (Å²) in [7, 11) is 1.29. The highest BCUT2D eigenvalue weighted by Gasteiger charge is 2.39. The van der Waals surface area contributed by atoms with Gasteiger partial charge in [0.2, 0.25) is 5.91 Å². The fourth-order valence-corrected chi connectivity index (χ4v) is 3.43. The number of fused-ring (bicyclic) bond motifs is 1. The largest absolute Gasteiger partial charge is 0.494 e. The molecule has 0 saturated heterocycles. The molecule has 156 valence electrons. The Morgan fingerprint density at radius 2 is 2.03 bits per heavy atom. The number of rotatable bonds is 5. The molecule has 29 heavy (non-hydrogen) atoms. The lowest BCUT2D eigenvalue weighted by atomic mass is 10.1. The smallest absolute Gasteiger partial charge is 0.435 e. The number of hydrogen-bond acceptors (Lipinski definition) is 5. The van der Waals surface area contributed by atoms with Gasteiger partial charge in [0, 0.05) is 17.3 Å². The van der Waals surface area contributed by atoms with Crippen LogP contribution in [0.15, 0.2) is 18.2 Å². The van der Waals surface area contributed by atoms with Gasteiger partial charge in [0.15, 0.2) is 5.69 Å². The summed E-state index contributed by atoms with van der Waals surface area (Å²) in [6.45, 7) is -0.404. The number of aromatic nitrogens is 2. The quantitative estimate of drug-likeness (QED) is 0.458. The number of non-ortho nitro benzene ring substituents is 1. The Hall–Kier alpha value is -3.11. The fourth-order valence-electron chi connectivity index (χ4n) is 3.43. The van der Waals surface area contributed by atoms with Crippen molar-refractivity contribution in [3.05, 3.63) is 45.3 Å². The van der Waals surface area contributed by atoms with E-state index in [4.69, 9.17) is 4.74 Å². The summed E-state index contributed by atoms with van der Waals surface area (Å²) in [5.74, 6) is -0.539. The summed E-state index contributed by atoms with van der Waals surface area (Å²) in [6.07, 6.45) is -1.69. The third-order valence-electron chi connectivity index (χ3n) is 4.74. The normalized spacial score (nSPS) is 14.1. The zero-order valence-corrected chi connectivity index (χ0v) is 15.6. The van der Waals surface area contributed by atoms with E-state index in [0.717, 1.165) is 23.6 Å². The third kappa shape index (κ3) is 4.49. The molecule has 3 rings (SSSR count). The lowest BCUT2D eigenvalue weighted by molar-refractivity contribution is -0.384. The molecule has 11 heteroatoms. The van der Waals surface area contributed by atoms with Crippen LogP contribution in [0.5, 0.6) is 5.75 Å². The highest BCUT2D eigenvalue weighted by molar-refractivity contribution is 5.92. The summed E-state index contributed by atoms with van der Waals surface area (Å²) in [5, 5.41) is 17.0. The van der Waals surface area contributed by atoms with Gasteiger partial charge in [0.1, 0.15) is 12.3 Å². The minimum Gasteiger partial charge on any atom is -0.494 e. The van der Waals surface area contributed by atoms with Crippen molar-refractivity contribution in [2.24, 2.45) is 0 Å². The predicted octanol–water partition coefficient (Wildman–Crippen LogP) is 3.73. The summed E-state index contributed by atoms with van der Waals surface area (Å²) < 4.78 is 46.2. The maximum absolute atomic E-state index is 13.4. The number of amides is 1. The van der Waals surface area contributed by atoms with E-state index in [-0.39, 0.29) is 29.1 Å². The molecule has 0 bridgehead atoms. The van der Waals surface area contributed by atoms with E-state index in [1.807, 2.05) is 0 Å². The van der Waals surface area contributed by atoms with Crippen LogP contribution < -0.4 is 10.1 Å². The Kier molecular flexibility index (Phi) is 5.76. The Morgan fingerprint density at radius 3 is 2.69 bits per heavy atom. The van der Waals surface area contributed by atoms with Crippen LogP contribution in [0.3, 0.4) is 0 Å². The van der Waals surface area contributed by atoms with Crippen molar-refractivity contribution >= 4 is 17.3 Å². The number of benzene rings is 1. The van der Waals surface area contributed by atoms with Gasteiger partial charge in [-0.2, -0.15) is 18.3 Å². The second kappa shape index (κ2) is 8.10. The molecule has 1 heterocycles. The number of alkyl halides is 3. The molecule has 1 aliphatic carbocycles. The number of halogens is 3. The van der Waals surface area contributed by atoms with Gasteiger partial charge < -0.3 is 10.1 Å². The van der Waals surface area contributed by atoms with E-state index < -0.39 is 29.2 Å². The summed E-state index contributed by atoms with van der Waals surface area (Å²) >= 11 is 0. The zero-order chi connectivity index (χ0) is 21.2. The maximum atomic E-state index is 13.4. The van der Waals surface area contributed by atoms with Crippen molar-refractivity contribution in [3.8, 4) is 5.75 Å². The van der Waals surface area contributed by atoms with Crippen LogP contribution in [0, 0.1) is 10.1 Å². The molecule has 8 nitrogen and oxygen atoms in total. The molecule has 1 aromatic heterocycles. The maximum Gasteiger partial charge on any atom is 0.435 e. The van der Waals surface area contributed by atoms with Crippen LogP contribution >= 0.6 is 0 Å². The number of carbonyl (C=O) groups excluding carboxylic acids is 1. The molecule has 0 spiro atoms. The number of anilines is 1. The lowest BCUT2D eigenvalue weighted by Crippen LogP contribution is -2.21. The van der Waals surface area contributed by atoms with Crippen molar-refractivity contribution in [1.29, 1.82) is 0 Å². The summed E-state index contributed by atoms with van der Waals surface area (Å²) in [6, 6.07) is 3.65. The number of nitro benzene ring substituents is 1. The molecular formula is C18H19F3N4O4. The second-order valence-electron chi connectivity index (χ2n) is 6.68.